The number of carbonyl (C=O) groups excluding carboxylic acids is 2. The van der Waals surface area contributed by atoms with E-state index >= 15 is 0 Å². The van der Waals surface area contributed by atoms with Gasteiger partial charge in [-0.1, -0.05) is 42.2 Å². The van der Waals surface area contributed by atoms with Crippen LogP contribution in [0, 0.1) is 0 Å². The highest BCUT2D eigenvalue weighted by atomic mass is 32.2. The van der Waals surface area contributed by atoms with Crippen molar-refractivity contribution in [3.63, 3.8) is 0 Å². The highest BCUT2D eigenvalue weighted by Gasteiger charge is 2.30. The van der Waals surface area contributed by atoms with Gasteiger partial charge in [-0.2, -0.15) is 0 Å². The lowest BCUT2D eigenvalue weighted by molar-refractivity contribution is -0.121. The topological polar surface area (TPSA) is 40.6 Å². The summed E-state index contributed by atoms with van der Waals surface area (Å²) in [6.07, 6.45) is 1.54. The number of anilines is 1. The molecule has 0 saturated carbocycles. The summed E-state index contributed by atoms with van der Waals surface area (Å²) in [6.45, 7) is 1.45. The fourth-order valence-corrected chi connectivity index (χ4v) is 2.73. The molecule has 0 radical (unpaired) electrons. The quantitative estimate of drug-likeness (QED) is 0.620. The van der Waals surface area contributed by atoms with Gasteiger partial charge in [0.1, 0.15) is 4.32 Å². The Bertz CT molecular complexity index is 569. The summed E-state index contributed by atoms with van der Waals surface area (Å²) in [5.41, 5.74) is 0.719. The molecular weight excluding hydrogens is 280 g/mol. The van der Waals surface area contributed by atoms with Crippen LogP contribution < -0.4 is 4.90 Å². The molecule has 2 amide bonds. The predicted octanol–water partition coefficient (Wildman–Crippen LogP) is 2.37. The Morgan fingerprint density at radius 2 is 2.00 bits per heavy atom. The monoisotopic (exact) mass is 292 g/mol. The van der Waals surface area contributed by atoms with E-state index in [1.807, 2.05) is 30.3 Å². The van der Waals surface area contributed by atoms with Crippen LogP contribution in [0.15, 0.2) is 41.4 Å². The highest BCUT2D eigenvalue weighted by Crippen LogP contribution is 2.30. The SMILES string of the molecule is CC(=O)N(/C=C1/SC(=S)N(C)C1=O)c1ccccc1. The van der Waals surface area contributed by atoms with Gasteiger partial charge in [0.05, 0.1) is 4.91 Å². The van der Waals surface area contributed by atoms with Crippen LogP contribution in [0.4, 0.5) is 5.69 Å². The third-order valence-electron chi connectivity index (χ3n) is 2.61. The molecule has 2 rings (SSSR count). The van der Waals surface area contributed by atoms with E-state index in [1.54, 1.807) is 13.2 Å². The van der Waals surface area contributed by atoms with Crippen LogP contribution in [0.3, 0.4) is 0 Å². The largest absolute Gasteiger partial charge is 0.296 e. The van der Waals surface area contributed by atoms with Crippen molar-refractivity contribution in [2.75, 3.05) is 11.9 Å². The lowest BCUT2D eigenvalue weighted by Crippen LogP contribution is -2.25. The summed E-state index contributed by atoms with van der Waals surface area (Å²) in [7, 11) is 1.62. The Balaban J connectivity index is 2.35. The minimum atomic E-state index is -0.183. The van der Waals surface area contributed by atoms with Crippen molar-refractivity contribution < 1.29 is 9.59 Å². The Morgan fingerprint density at radius 3 is 2.47 bits per heavy atom. The molecule has 0 aromatic heterocycles. The molecule has 19 heavy (non-hydrogen) atoms. The van der Waals surface area contributed by atoms with E-state index in [9.17, 15) is 9.59 Å². The van der Waals surface area contributed by atoms with Crippen LogP contribution in [0.1, 0.15) is 6.92 Å². The molecule has 4 nitrogen and oxygen atoms in total. The maximum atomic E-state index is 11.9. The Kier molecular flexibility index (Phi) is 4.01. The molecule has 0 N–H and O–H groups in total. The van der Waals surface area contributed by atoms with Crippen LogP contribution in [-0.2, 0) is 9.59 Å². The molecule has 1 heterocycles. The Morgan fingerprint density at radius 1 is 1.37 bits per heavy atom. The number of rotatable bonds is 2. The zero-order valence-corrected chi connectivity index (χ0v) is 12.1. The van der Waals surface area contributed by atoms with E-state index in [0.717, 1.165) is 5.69 Å². The molecule has 0 atom stereocenters. The minimum absolute atomic E-state index is 0.160. The molecule has 0 aliphatic carbocycles. The average Bonchev–Trinajstić information content (AvgIpc) is 2.64. The first-order chi connectivity index (χ1) is 9.00. The van der Waals surface area contributed by atoms with Crippen molar-refractivity contribution >= 4 is 45.8 Å². The third-order valence-corrected chi connectivity index (χ3v) is 4.08. The second-order valence-electron chi connectivity index (χ2n) is 3.95. The van der Waals surface area contributed by atoms with Crippen LogP contribution in [0.25, 0.3) is 0 Å². The molecular formula is C13H12N2O2S2. The summed E-state index contributed by atoms with van der Waals surface area (Å²) in [4.78, 5) is 26.9. The van der Waals surface area contributed by atoms with Gasteiger partial charge in [-0.25, -0.2) is 0 Å². The molecule has 1 aliphatic heterocycles. The van der Waals surface area contributed by atoms with Crippen molar-refractivity contribution in [1.82, 2.24) is 4.90 Å². The van der Waals surface area contributed by atoms with Gasteiger partial charge >= 0.3 is 0 Å². The van der Waals surface area contributed by atoms with E-state index in [0.29, 0.717) is 9.23 Å². The molecule has 0 spiro atoms. The van der Waals surface area contributed by atoms with E-state index in [2.05, 4.69) is 0 Å². The highest BCUT2D eigenvalue weighted by molar-refractivity contribution is 8.26. The van der Waals surface area contributed by atoms with Crippen molar-refractivity contribution in [2.45, 2.75) is 6.92 Å². The number of hydrogen-bond donors (Lipinski definition) is 0. The van der Waals surface area contributed by atoms with Gasteiger partial charge in [0, 0.05) is 25.9 Å². The molecule has 1 saturated heterocycles. The molecule has 1 fully saturated rings. The standard InChI is InChI=1S/C13H12N2O2S2/c1-9(16)15(10-6-4-3-5-7-10)8-11-12(17)14(2)13(18)19-11/h3-8H,1-2H3/b11-8+. The van der Waals surface area contributed by atoms with E-state index in [4.69, 9.17) is 12.2 Å². The minimum Gasteiger partial charge on any atom is -0.296 e. The van der Waals surface area contributed by atoms with Gasteiger partial charge in [0.25, 0.3) is 5.91 Å². The zero-order valence-electron chi connectivity index (χ0n) is 10.5. The first-order valence-electron chi connectivity index (χ1n) is 5.57. The van der Waals surface area contributed by atoms with E-state index in [1.165, 1.54) is 28.5 Å². The van der Waals surface area contributed by atoms with E-state index in [-0.39, 0.29) is 11.8 Å². The maximum absolute atomic E-state index is 11.9. The van der Waals surface area contributed by atoms with Gasteiger partial charge in [0.15, 0.2) is 0 Å². The number of thiocarbonyl (C=S) groups is 1. The van der Waals surface area contributed by atoms with E-state index < -0.39 is 0 Å². The summed E-state index contributed by atoms with van der Waals surface area (Å²) >= 11 is 6.25. The van der Waals surface area contributed by atoms with Crippen LogP contribution >= 0.6 is 24.0 Å². The van der Waals surface area contributed by atoms with Gasteiger partial charge in [-0.15, -0.1) is 0 Å². The summed E-state index contributed by atoms with van der Waals surface area (Å²) in [6, 6.07) is 9.16. The van der Waals surface area contributed by atoms with Crippen molar-refractivity contribution in [3.05, 3.63) is 41.4 Å². The van der Waals surface area contributed by atoms with Crippen LogP contribution in [0.5, 0.6) is 0 Å². The van der Waals surface area contributed by atoms with Gasteiger partial charge in [0.2, 0.25) is 5.91 Å². The number of para-hydroxylation sites is 1. The second kappa shape index (κ2) is 5.54. The maximum Gasteiger partial charge on any atom is 0.267 e. The predicted molar refractivity (Wildman–Crippen MR) is 80.6 cm³/mol. The Labute approximate surface area is 121 Å². The summed E-state index contributed by atoms with van der Waals surface area (Å²) < 4.78 is 0.493. The van der Waals surface area contributed by atoms with Gasteiger partial charge in [-0.05, 0) is 12.1 Å². The number of nitrogens with zero attached hydrogens (tertiary/aromatic N) is 2. The summed E-state index contributed by atoms with van der Waals surface area (Å²) in [5.74, 6) is -0.343. The Hall–Kier alpha value is -1.66. The first kappa shape index (κ1) is 13.8. The lowest BCUT2D eigenvalue weighted by atomic mass is 10.3. The fraction of sp³-hybridized carbons (Fsp3) is 0.154. The molecule has 1 aliphatic rings. The molecule has 6 heteroatoms. The van der Waals surface area contributed by atoms with Crippen molar-refractivity contribution in [1.29, 1.82) is 0 Å². The number of amides is 2. The molecule has 0 unspecified atom stereocenters. The smallest absolute Gasteiger partial charge is 0.267 e. The molecule has 1 aromatic rings. The fourth-order valence-electron chi connectivity index (χ4n) is 1.59. The van der Waals surface area contributed by atoms with Crippen molar-refractivity contribution in [2.24, 2.45) is 0 Å². The zero-order chi connectivity index (χ0) is 14.0. The lowest BCUT2D eigenvalue weighted by Gasteiger charge is -2.16. The molecule has 98 valence electrons. The van der Waals surface area contributed by atoms with Crippen molar-refractivity contribution in [3.8, 4) is 0 Å². The number of benzene rings is 1. The number of hydrogen-bond acceptors (Lipinski definition) is 4. The average molecular weight is 292 g/mol. The second-order valence-corrected chi connectivity index (χ2v) is 5.63. The normalized spacial score (nSPS) is 17.2. The van der Waals surface area contributed by atoms with Crippen LogP contribution in [-0.4, -0.2) is 28.1 Å². The van der Waals surface area contributed by atoms with Gasteiger partial charge in [-0.3, -0.25) is 19.4 Å². The number of likely N-dealkylation sites (N-methyl/N-ethyl adjacent to an activating group) is 1. The van der Waals surface area contributed by atoms with Crippen LogP contribution in [0.2, 0.25) is 0 Å². The number of thioether (sulfide) groups is 1. The van der Waals surface area contributed by atoms with Gasteiger partial charge < -0.3 is 0 Å². The first-order valence-corrected chi connectivity index (χ1v) is 6.79. The molecule has 0 bridgehead atoms. The third kappa shape index (κ3) is 2.85. The summed E-state index contributed by atoms with van der Waals surface area (Å²) in [5, 5.41) is 0. The number of carbonyl (C=O) groups is 2. The molecule has 1 aromatic carbocycles.